The second kappa shape index (κ2) is 9.62. The smallest absolute Gasteiger partial charge is 0.326 e. The number of esters is 1. The van der Waals surface area contributed by atoms with E-state index in [1.165, 1.54) is 24.3 Å². The van der Waals surface area contributed by atoms with Crippen LogP contribution < -0.4 is 9.04 Å². The van der Waals surface area contributed by atoms with Gasteiger partial charge in [0, 0.05) is 5.02 Å². The van der Waals surface area contributed by atoms with Crippen molar-refractivity contribution in [2.45, 2.75) is 25.2 Å². The SMILES string of the molecule is CCCOc1ccc(N(CC(=O)OCC)S(=O)(=O)c2ccc(Cl)cc2)cc1. The van der Waals surface area contributed by atoms with Crippen LogP contribution in [0, 0.1) is 0 Å². The molecular weight excluding hydrogens is 390 g/mol. The van der Waals surface area contributed by atoms with E-state index in [0.717, 1.165) is 10.7 Å². The van der Waals surface area contributed by atoms with Gasteiger partial charge in [0.25, 0.3) is 10.0 Å². The van der Waals surface area contributed by atoms with Crippen molar-refractivity contribution in [1.29, 1.82) is 0 Å². The van der Waals surface area contributed by atoms with Crippen molar-refractivity contribution >= 4 is 33.3 Å². The summed E-state index contributed by atoms with van der Waals surface area (Å²) in [5, 5.41) is 0.420. The second-order valence-corrected chi connectivity index (χ2v) is 7.91. The quantitative estimate of drug-likeness (QED) is 0.585. The van der Waals surface area contributed by atoms with Gasteiger partial charge in [-0.15, -0.1) is 0 Å². The zero-order valence-corrected chi connectivity index (χ0v) is 16.8. The lowest BCUT2D eigenvalue weighted by Crippen LogP contribution is -2.36. The van der Waals surface area contributed by atoms with E-state index >= 15 is 0 Å². The van der Waals surface area contributed by atoms with Gasteiger partial charge >= 0.3 is 5.97 Å². The Morgan fingerprint density at radius 3 is 2.22 bits per heavy atom. The highest BCUT2D eigenvalue weighted by Gasteiger charge is 2.27. The van der Waals surface area contributed by atoms with Gasteiger partial charge in [-0.1, -0.05) is 18.5 Å². The van der Waals surface area contributed by atoms with Gasteiger partial charge in [0.15, 0.2) is 0 Å². The number of carbonyl (C=O) groups excluding carboxylic acids is 1. The highest BCUT2D eigenvalue weighted by Crippen LogP contribution is 2.26. The van der Waals surface area contributed by atoms with Crippen molar-refractivity contribution in [1.82, 2.24) is 0 Å². The maximum Gasteiger partial charge on any atom is 0.326 e. The van der Waals surface area contributed by atoms with E-state index in [4.69, 9.17) is 21.1 Å². The first-order valence-electron chi connectivity index (χ1n) is 8.55. The minimum atomic E-state index is -3.98. The third-order valence-corrected chi connectivity index (χ3v) is 5.62. The number of carbonyl (C=O) groups is 1. The average Bonchev–Trinajstić information content (AvgIpc) is 2.65. The summed E-state index contributed by atoms with van der Waals surface area (Å²) in [6.07, 6.45) is 0.863. The van der Waals surface area contributed by atoms with Crippen LogP contribution in [0.1, 0.15) is 20.3 Å². The molecule has 2 rings (SSSR count). The van der Waals surface area contributed by atoms with Crippen molar-refractivity contribution in [2.24, 2.45) is 0 Å². The molecule has 2 aromatic rings. The number of hydrogen-bond donors (Lipinski definition) is 0. The molecule has 2 aromatic carbocycles. The normalized spacial score (nSPS) is 11.1. The van der Waals surface area contributed by atoms with E-state index in [9.17, 15) is 13.2 Å². The molecule has 0 saturated carbocycles. The zero-order chi connectivity index (χ0) is 19.9. The first-order valence-corrected chi connectivity index (χ1v) is 10.4. The molecule has 0 bridgehead atoms. The number of sulfonamides is 1. The number of rotatable bonds is 9. The van der Waals surface area contributed by atoms with Gasteiger partial charge in [0.05, 0.1) is 23.8 Å². The lowest BCUT2D eigenvalue weighted by molar-refractivity contribution is -0.141. The van der Waals surface area contributed by atoms with E-state index in [1.807, 2.05) is 6.92 Å². The van der Waals surface area contributed by atoms with Crippen LogP contribution in [0.3, 0.4) is 0 Å². The van der Waals surface area contributed by atoms with E-state index in [2.05, 4.69) is 0 Å². The predicted molar refractivity (Wildman–Crippen MR) is 105 cm³/mol. The van der Waals surface area contributed by atoms with Crippen LogP contribution in [0.4, 0.5) is 5.69 Å². The molecular formula is C19H22ClNO5S. The number of halogens is 1. The lowest BCUT2D eigenvalue weighted by Gasteiger charge is -2.24. The molecule has 0 aliphatic carbocycles. The Hall–Kier alpha value is -2.25. The van der Waals surface area contributed by atoms with Gasteiger partial charge in [0.2, 0.25) is 0 Å². The van der Waals surface area contributed by atoms with Crippen molar-refractivity contribution in [3.8, 4) is 5.75 Å². The summed E-state index contributed by atoms with van der Waals surface area (Å²) in [4.78, 5) is 12.0. The standard InChI is InChI=1S/C19H22ClNO5S/c1-3-13-26-17-9-7-16(8-10-17)21(14-19(22)25-4-2)27(23,24)18-11-5-15(20)6-12-18/h5-12H,3-4,13-14H2,1-2H3. The molecule has 0 aliphatic heterocycles. The molecule has 8 heteroatoms. The molecule has 0 radical (unpaired) electrons. The van der Waals surface area contributed by atoms with Gasteiger partial charge in [-0.2, -0.15) is 0 Å². The van der Waals surface area contributed by atoms with Crippen LogP contribution in [0.2, 0.25) is 5.02 Å². The van der Waals surface area contributed by atoms with E-state index in [0.29, 0.717) is 23.1 Å². The fourth-order valence-corrected chi connectivity index (χ4v) is 3.84. The second-order valence-electron chi connectivity index (χ2n) is 5.61. The van der Waals surface area contributed by atoms with Gasteiger partial charge in [-0.3, -0.25) is 9.10 Å². The minimum absolute atomic E-state index is 0.0301. The number of hydrogen-bond acceptors (Lipinski definition) is 5. The molecule has 0 spiro atoms. The third kappa shape index (κ3) is 5.61. The molecule has 146 valence electrons. The molecule has 27 heavy (non-hydrogen) atoms. The summed E-state index contributed by atoms with van der Waals surface area (Å²) in [5.41, 5.74) is 0.335. The summed E-state index contributed by atoms with van der Waals surface area (Å²) < 4.78 is 37.6. The monoisotopic (exact) mass is 411 g/mol. The average molecular weight is 412 g/mol. The molecule has 0 heterocycles. The zero-order valence-electron chi connectivity index (χ0n) is 15.2. The summed E-state index contributed by atoms with van der Waals surface area (Å²) >= 11 is 5.85. The Morgan fingerprint density at radius 1 is 1.04 bits per heavy atom. The molecule has 0 aromatic heterocycles. The molecule has 0 N–H and O–H groups in total. The largest absolute Gasteiger partial charge is 0.494 e. The fourth-order valence-electron chi connectivity index (χ4n) is 2.30. The fraction of sp³-hybridized carbons (Fsp3) is 0.316. The van der Waals surface area contributed by atoms with Crippen molar-refractivity contribution in [3.63, 3.8) is 0 Å². The van der Waals surface area contributed by atoms with E-state index in [1.54, 1.807) is 31.2 Å². The van der Waals surface area contributed by atoms with Crippen LogP contribution in [-0.4, -0.2) is 34.1 Å². The van der Waals surface area contributed by atoms with E-state index < -0.39 is 22.5 Å². The highest BCUT2D eigenvalue weighted by atomic mass is 35.5. The number of ether oxygens (including phenoxy) is 2. The van der Waals surface area contributed by atoms with Crippen molar-refractivity contribution in [3.05, 3.63) is 53.6 Å². The first-order chi connectivity index (χ1) is 12.9. The van der Waals surface area contributed by atoms with Gasteiger partial charge in [-0.05, 0) is 61.9 Å². The minimum Gasteiger partial charge on any atom is -0.494 e. The Bertz CT molecular complexity index is 851. The molecule has 0 atom stereocenters. The van der Waals surface area contributed by atoms with Crippen LogP contribution in [0.25, 0.3) is 0 Å². The van der Waals surface area contributed by atoms with Gasteiger partial charge < -0.3 is 9.47 Å². The summed E-state index contributed by atoms with van der Waals surface area (Å²) in [6, 6.07) is 12.3. The van der Waals surface area contributed by atoms with E-state index in [-0.39, 0.29) is 11.5 Å². The van der Waals surface area contributed by atoms with Crippen LogP contribution in [-0.2, 0) is 19.6 Å². The van der Waals surface area contributed by atoms with Crippen LogP contribution in [0.5, 0.6) is 5.75 Å². The maximum atomic E-state index is 13.1. The summed E-state index contributed by atoms with van der Waals surface area (Å²) in [7, 11) is -3.98. The summed E-state index contributed by atoms with van der Waals surface area (Å²) in [5.74, 6) is -0.0121. The van der Waals surface area contributed by atoms with Crippen LogP contribution in [0.15, 0.2) is 53.4 Å². The molecule has 0 unspecified atom stereocenters. The Balaban J connectivity index is 2.38. The maximum absolute atomic E-state index is 13.1. The molecule has 0 fully saturated rings. The third-order valence-electron chi connectivity index (χ3n) is 3.58. The molecule has 0 aliphatic rings. The Labute approximate surface area is 164 Å². The van der Waals surface area contributed by atoms with Crippen molar-refractivity contribution < 1.29 is 22.7 Å². The number of nitrogens with zero attached hydrogens (tertiary/aromatic N) is 1. The number of anilines is 1. The van der Waals surface area contributed by atoms with Crippen LogP contribution >= 0.6 is 11.6 Å². The Kier molecular flexibility index (Phi) is 7.50. The molecule has 0 saturated heterocycles. The number of benzene rings is 2. The highest BCUT2D eigenvalue weighted by molar-refractivity contribution is 7.92. The predicted octanol–water partition coefficient (Wildman–Crippen LogP) is 3.89. The van der Waals surface area contributed by atoms with Crippen molar-refractivity contribution in [2.75, 3.05) is 24.1 Å². The van der Waals surface area contributed by atoms with Gasteiger partial charge in [-0.25, -0.2) is 8.42 Å². The van der Waals surface area contributed by atoms with Gasteiger partial charge in [0.1, 0.15) is 12.3 Å². The first kappa shape index (κ1) is 21.1. The summed E-state index contributed by atoms with van der Waals surface area (Å²) in [6.45, 7) is 3.95. The lowest BCUT2D eigenvalue weighted by atomic mass is 10.3. The topological polar surface area (TPSA) is 72.9 Å². The Morgan fingerprint density at radius 2 is 1.67 bits per heavy atom. The molecule has 6 nitrogen and oxygen atoms in total. The molecule has 0 amide bonds.